The molecule has 7 atom stereocenters. The Labute approximate surface area is 349 Å². The first kappa shape index (κ1) is 53.4. The van der Waals surface area contributed by atoms with Crippen molar-refractivity contribution in [3.05, 3.63) is 36.5 Å². The monoisotopic (exact) mass is 808 g/mol. The van der Waals surface area contributed by atoms with Crippen LogP contribution in [0.1, 0.15) is 206 Å². The predicted octanol–water partition coefficient (Wildman–Crippen LogP) is 10.1. The summed E-state index contributed by atoms with van der Waals surface area (Å²) in [6.45, 7) is 3.71. The molecule has 7 unspecified atom stereocenters. The van der Waals surface area contributed by atoms with Gasteiger partial charge in [0.1, 0.15) is 24.4 Å². The van der Waals surface area contributed by atoms with Gasteiger partial charge in [-0.3, -0.25) is 4.79 Å². The highest BCUT2D eigenvalue weighted by atomic mass is 16.7. The second-order valence-electron chi connectivity index (χ2n) is 16.5. The number of carbonyl (C=O) groups excluding carboxylic acids is 1. The average molecular weight is 808 g/mol. The molecule has 9 heteroatoms. The summed E-state index contributed by atoms with van der Waals surface area (Å²) in [6, 6.07) is -0.823. The van der Waals surface area contributed by atoms with Crippen LogP contribution >= 0.6 is 0 Å². The van der Waals surface area contributed by atoms with Crippen LogP contribution in [0.5, 0.6) is 0 Å². The third-order valence-electron chi connectivity index (χ3n) is 11.2. The van der Waals surface area contributed by atoms with Crippen LogP contribution in [0.25, 0.3) is 0 Å². The third kappa shape index (κ3) is 29.3. The van der Waals surface area contributed by atoms with E-state index in [2.05, 4.69) is 43.5 Å². The minimum absolute atomic E-state index is 0.198. The number of hydrogen-bond donors (Lipinski definition) is 6. The Kier molecular flexibility index (Phi) is 36.2. The SMILES string of the molecule is CCCC/C=C\CCCCCCCC(=O)NC(COC1OC(CO)C(O)C(O)C1O)C(O)/C=C/CC/C=C/CCCCCCCCCCCCCCCCCCC. The number of rotatable bonds is 39. The lowest BCUT2D eigenvalue weighted by molar-refractivity contribution is -0.302. The van der Waals surface area contributed by atoms with Crippen molar-refractivity contribution in [2.45, 2.75) is 249 Å². The molecule has 1 heterocycles. The number of aliphatic hydroxyl groups is 5. The maximum absolute atomic E-state index is 12.9. The van der Waals surface area contributed by atoms with Crippen molar-refractivity contribution < 1.29 is 39.8 Å². The van der Waals surface area contributed by atoms with Crippen molar-refractivity contribution in [3.8, 4) is 0 Å². The Morgan fingerprint density at radius 2 is 1.02 bits per heavy atom. The van der Waals surface area contributed by atoms with Crippen LogP contribution in [0.2, 0.25) is 0 Å². The van der Waals surface area contributed by atoms with Gasteiger partial charge in [0.05, 0.1) is 25.4 Å². The van der Waals surface area contributed by atoms with Gasteiger partial charge in [-0.1, -0.05) is 185 Å². The second-order valence-corrected chi connectivity index (χ2v) is 16.5. The normalized spacial score (nSPS) is 21.3. The summed E-state index contributed by atoms with van der Waals surface area (Å²) < 4.78 is 11.2. The molecule has 0 saturated carbocycles. The number of allylic oxidation sites excluding steroid dienone is 5. The van der Waals surface area contributed by atoms with E-state index < -0.39 is 49.5 Å². The molecule has 1 fully saturated rings. The average Bonchev–Trinajstić information content (AvgIpc) is 3.21. The van der Waals surface area contributed by atoms with Gasteiger partial charge < -0.3 is 40.3 Å². The van der Waals surface area contributed by atoms with Crippen LogP contribution in [0.4, 0.5) is 0 Å². The highest BCUT2D eigenvalue weighted by Crippen LogP contribution is 2.22. The summed E-state index contributed by atoms with van der Waals surface area (Å²) in [5.41, 5.74) is 0. The molecule has 1 amide bonds. The van der Waals surface area contributed by atoms with E-state index in [0.717, 1.165) is 64.2 Å². The lowest BCUT2D eigenvalue weighted by Crippen LogP contribution is -2.60. The summed E-state index contributed by atoms with van der Waals surface area (Å²) >= 11 is 0. The van der Waals surface area contributed by atoms with E-state index >= 15 is 0 Å². The molecule has 334 valence electrons. The topological polar surface area (TPSA) is 149 Å². The molecule has 1 rings (SSSR count). The Morgan fingerprint density at radius 3 is 1.53 bits per heavy atom. The molecule has 0 bridgehead atoms. The standard InChI is InChI=1S/C48H89NO8/c1-3-5-7-9-11-13-15-16-17-18-19-20-21-22-23-24-25-26-28-29-31-33-35-37-42(51)41(40-56-48-47(55)46(54)45(53)43(39-50)57-48)49-44(52)38-36-34-32-30-27-14-12-10-8-6-4-2/h10,12,28-29,35,37,41-43,45-48,50-51,53-55H,3-9,11,13-27,30-34,36,38-40H2,1-2H3,(H,49,52)/b12-10-,29-28+,37-35+. The van der Waals surface area contributed by atoms with Gasteiger partial charge in [0.2, 0.25) is 5.91 Å². The van der Waals surface area contributed by atoms with Crippen molar-refractivity contribution in [3.63, 3.8) is 0 Å². The molecular weight excluding hydrogens is 719 g/mol. The number of hydrogen-bond acceptors (Lipinski definition) is 8. The quantitative estimate of drug-likeness (QED) is 0.0266. The summed E-state index contributed by atoms with van der Waals surface area (Å²) in [6.07, 6.45) is 40.6. The number of amides is 1. The zero-order valence-corrected chi connectivity index (χ0v) is 36.6. The molecule has 0 radical (unpaired) electrons. The molecule has 0 aliphatic carbocycles. The first-order valence-electron chi connectivity index (χ1n) is 23.7. The van der Waals surface area contributed by atoms with Gasteiger partial charge in [0.15, 0.2) is 6.29 Å². The molecule has 0 aromatic carbocycles. The molecule has 1 aliphatic rings. The van der Waals surface area contributed by atoms with Gasteiger partial charge >= 0.3 is 0 Å². The minimum Gasteiger partial charge on any atom is -0.394 e. The molecule has 1 aliphatic heterocycles. The maximum atomic E-state index is 12.9. The highest BCUT2D eigenvalue weighted by molar-refractivity contribution is 5.76. The minimum atomic E-state index is -1.57. The fourth-order valence-corrected chi connectivity index (χ4v) is 7.33. The van der Waals surface area contributed by atoms with Gasteiger partial charge in [0, 0.05) is 6.42 Å². The van der Waals surface area contributed by atoms with Crippen molar-refractivity contribution in [2.75, 3.05) is 13.2 Å². The van der Waals surface area contributed by atoms with Gasteiger partial charge in [-0.15, -0.1) is 0 Å². The number of carbonyl (C=O) groups is 1. The highest BCUT2D eigenvalue weighted by Gasteiger charge is 2.44. The van der Waals surface area contributed by atoms with E-state index in [1.54, 1.807) is 6.08 Å². The Bertz CT molecular complexity index is 987. The molecular formula is C48H89NO8. The Morgan fingerprint density at radius 1 is 0.579 bits per heavy atom. The van der Waals surface area contributed by atoms with Crippen molar-refractivity contribution in [1.29, 1.82) is 0 Å². The van der Waals surface area contributed by atoms with Crippen molar-refractivity contribution in [2.24, 2.45) is 0 Å². The Hall–Kier alpha value is -1.59. The van der Waals surface area contributed by atoms with Crippen LogP contribution in [-0.4, -0.2) is 87.5 Å². The lowest BCUT2D eigenvalue weighted by atomic mass is 9.99. The molecule has 1 saturated heterocycles. The fraction of sp³-hybridized carbons (Fsp3) is 0.854. The summed E-state index contributed by atoms with van der Waals surface area (Å²) in [7, 11) is 0. The number of unbranched alkanes of at least 4 members (excludes halogenated alkanes) is 25. The van der Waals surface area contributed by atoms with E-state index in [1.807, 2.05) is 6.08 Å². The van der Waals surface area contributed by atoms with Crippen molar-refractivity contribution >= 4 is 5.91 Å². The molecule has 0 aromatic heterocycles. The predicted molar refractivity (Wildman–Crippen MR) is 235 cm³/mol. The molecule has 9 nitrogen and oxygen atoms in total. The van der Waals surface area contributed by atoms with Crippen LogP contribution in [0.15, 0.2) is 36.5 Å². The van der Waals surface area contributed by atoms with Gasteiger partial charge in [-0.25, -0.2) is 0 Å². The van der Waals surface area contributed by atoms with Gasteiger partial charge in [-0.2, -0.15) is 0 Å². The fourth-order valence-electron chi connectivity index (χ4n) is 7.33. The van der Waals surface area contributed by atoms with E-state index in [9.17, 15) is 30.3 Å². The lowest BCUT2D eigenvalue weighted by Gasteiger charge is -2.40. The first-order valence-corrected chi connectivity index (χ1v) is 23.7. The third-order valence-corrected chi connectivity index (χ3v) is 11.2. The summed E-state index contributed by atoms with van der Waals surface area (Å²) in [5.74, 6) is -0.198. The second kappa shape index (κ2) is 38.6. The molecule has 6 N–H and O–H groups in total. The van der Waals surface area contributed by atoms with E-state index in [1.165, 1.54) is 122 Å². The molecule has 57 heavy (non-hydrogen) atoms. The van der Waals surface area contributed by atoms with Crippen LogP contribution in [-0.2, 0) is 14.3 Å². The smallest absolute Gasteiger partial charge is 0.220 e. The number of aliphatic hydroxyl groups excluding tert-OH is 5. The van der Waals surface area contributed by atoms with E-state index in [0.29, 0.717) is 6.42 Å². The zero-order chi connectivity index (χ0) is 41.6. The van der Waals surface area contributed by atoms with Gasteiger partial charge in [-0.05, 0) is 51.4 Å². The zero-order valence-electron chi connectivity index (χ0n) is 36.6. The number of ether oxygens (including phenoxy) is 2. The van der Waals surface area contributed by atoms with E-state index in [-0.39, 0.29) is 12.5 Å². The van der Waals surface area contributed by atoms with E-state index in [4.69, 9.17) is 9.47 Å². The van der Waals surface area contributed by atoms with Crippen LogP contribution in [0, 0.1) is 0 Å². The molecule has 0 aromatic rings. The van der Waals surface area contributed by atoms with Crippen LogP contribution < -0.4 is 5.32 Å². The van der Waals surface area contributed by atoms with Crippen molar-refractivity contribution in [1.82, 2.24) is 5.32 Å². The molecule has 0 spiro atoms. The summed E-state index contributed by atoms with van der Waals surface area (Å²) in [4.78, 5) is 12.9. The Balaban J connectivity index is 2.32. The van der Waals surface area contributed by atoms with Gasteiger partial charge in [0.25, 0.3) is 0 Å². The van der Waals surface area contributed by atoms with Crippen LogP contribution in [0.3, 0.4) is 0 Å². The number of nitrogens with one attached hydrogen (secondary N) is 1. The largest absolute Gasteiger partial charge is 0.394 e. The summed E-state index contributed by atoms with van der Waals surface area (Å²) in [5, 5.41) is 54.1. The first-order chi connectivity index (χ1) is 27.8. The maximum Gasteiger partial charge on any atom is 0.220 e.